The summed E-state index contributed by atoms with van der Waals surface area (Å²) in [5.41, 5.74) is 11.6. The molecule has 2 atom stereocenters. The van der Waals surface area contributed by atoms with Crippen molar-refractivity contribution in [3.8, 4) is 22.3 Å². The van der Waals surface area contributed by atoms with Crippen molar-refractivity contribution >= 4 is 0 Å². The van der Waals surface area contributed by atoms with E-state index in [0.717, 1.165) is 26.2 Å². The fraction of sp³-hybridized carbons (Fsp3) is 0.294. The molecule has 1 aliphatic carbocycles. The molecule has 3 aliphatic rings. The van der Waals surface area contributed by atoms with Crippen molar-refractivity contribution in [2.24, 2.45) is 0 Å². The van der Waals surface area contributed by atoms with Gasteiger partial charge in [-0.15, -0.1) is 0 Å². The van der Waals surface area contributed by atoms with E-state index in [9.17, 15) is 0 Å². The monoisotopic (exact) mass is 470 g/mol. The number of benzene rings is 4. The van der Waals surface area contributed by atoms with Crippen molar-refractivity contribution in [1.82, 2.24) is 9.80 Å². The van der Waals surface area contributed by atoms with Crippen LogP contribution in [0.1, 0.15) is 47.9 Å². The normalized spacial score (nSPS) is 21.9. The average molecular weight is 471 g/mol. The first-order valence-corrected chi connectivity index (χ1v) is 13.7. The van der Waals surface area contributed by atoms with Crippen LogP contribution >= 0.6 is 0 Å². The van der Waals surface area contributed by atoms with Crippen molar-refractivity contribution < 1.29 is 0 Å². The number of rotatable bonds is 2. The number of hydrogen-bond donors (Lipinski definition) is 0. The smallest absolute Gasteiger partial charge is 0.0258 e. The predicted octanol–water partition coefficient (Wildman–Crippen LogP) is 7.66. The van der Waals surface area contributed by atoms with Crippen LogP contribution < -0.4 is 0 Å². The van der Waals surface area contributed by atoms with E-state index in [1.165, 1.54) is 70.2 Å². The van der Waals surface area contributed by atoms with Gasteiger partial charge in [0.2, 0.25) is 0 Å². The highest BCUT2D eigenvalue weighted by atomic mass is 15.3. The first-order chi connectivity index (χ1) is 17.8. The second kappa shape index (κ2) is 9.35. The van der Waals surface area contributed by atoms with Gasteiger partial charge in [-0.1, -0.05) is 110 Å². The van der Waals surface area contributed by atoms with E-state index < -0.39 is 0 Å². The molecule has 0 spiro atoms. The zero-order valence-electron chi connectivity index (χ0n) is 20.9. The SMILES string of the molecule is c1ccc2c(c1)CN([C@@H]1CCCC[C@@H]1N1Cc3ccccc3-c3ccccc3C1)Cc1ccccc1-2. The van der Waals surface area contributed by atoms with Gasteiger partial charge in [0.1, 0.15) is 0 Å². The lowest BCUT2D eigenvalue weighted by atomic mass is 9.87. The second-order valence-corrected chi connectivity index (χ2v) is 10.9. The molecule has 0 aromatic heterocycles. The molecule has 2 nitrogen and oxygen atoms in total. The lowest BCUT2D eigenvalue weighted by Gasteiger charge is -2.45. The Morgan fingerprint density at radius 3 is 0.972 bits per heavy atom. The third kappa shape index (κ3) is 3.89. The van der Waals surface area contributed by atoms with Gasteiger partial charge in [-0.3, -0.25) is 9.80 Å². The van der Waals surface area contributed by atoms with Crippen LogP contribution in [0.2, 0.25) is 0 Å². The lowest BCUT2D eigenvalue weighted by Crippen LogP contribution is -2.52. The molecule has 1 saturated carbocycles. The summed E-state index contributed by atoms with van der Waals surface area (Å²) in [7, 11) is 0. The highest BCUT2D eigenvalue weighted by Crippen LogP contribution is 2.39. The van der Waals surface area contributed by atoms with E-state index >= 15 is 0 Å². The van der Waals surface area contributed by atoms with Crippen LogP contribution in [0.15, 0.2) is 97.1 Å². The molecular formula is C34H34N2. The van der Waals surface area contributed by atoms with Crippen molar-refractivity contribution in [3.05, 3.63) is 119 Å². The third-order valence-electron chi connectivity index (χ3n) is 8.78. The van der Waals surface area contributed by atoms with Gasteiger partial charge in [0.15, 0.2) is 0 Å². The maximum atomic E-state index is 2.82. The van der Waals surface area contributed by atoms with Crippen LogP contribution in [0.3, 0.4) is 0 Å². The summed E-state index contributed by atoms with van der Waals surface area (Å²) in [4.78, 5) is 5.63. The Hall–Kier alpha value is -3.20. The zero-order valence-corrected chi connectivity index (χ0v) is 20.9. The van der Waals surface area contributed by atoms with Gasteiger partial charge in [-0.25, -0.2) is 0 Å². The molecular weight excluding hydrogens is 436 g/mol. The van der Waals surface area contributed by atoms with Crippen LogP contribution in [0, 0.1) is 0 Å². The summed E-state index contributed by atoms with van der Waals surface area (Å²) in [5.74, 6) is 0. The van der Waals surface area contributed by atoms with Crippen molar-refractivity contribution in [2.45, 2.75) is 63.9 Å². The topological polar surface area (TPSA) is 6.48 Å². The fourth-order valence-corrected chi connectivity index (χ4v) is 7.08. The largest absolute Gasteiger partial charge is 0.290 e. The van der Waals surface area contributed by atoms with Crippen LogP contribution in [0.25, 0.3) is 22.3 Å². The van der Waals surface area contributed by atoms with Crippen molar-refractivity contribution in [2.75, 3.05) is 0 Å². The van der Waals surface area contributed by atoms with E-state index in [0.29, 0.717) is 12.1 Å². The molecule has 2 aliphatic heterocycles. The summed E-state index contributed by atoms with van der Waals surface area (Å²) in [6.07, 6.45) is 5.24. The van der Waals surface area contributed by atoms with Crippen LogP contribution in [0.4, 0.5) is 0 Å². The first-order valence-electron chi connectivity index (χ1n) is 13.7. The molecule has 36 heavy (non-hydrogen) atoms. The first kappa shape index (κ1) is 22.0. The zero-order chi connectivity index (χ0) is 23.9. The Balaban J connectivity index is 1.27. The summed E-state index contributed by atoms with van der Waals surface area (Å²) in [6.45, 7) is 4.14. The van der Waals surface area contributed by atoms with Crippen molar-refractivity contribution in [1.29, 1.82) is 0 Å². The Kier molecular flexibility index (Phi) is 5.72. The Morgan fingerprint density at radius 1 is 0.389 bits per heavy atom. The van der Waals surface area contributed by atoms with E-state index in [1.807, 2.05) is 0 Å². The fourth-order valence-electron chi connectivity index (χ4n) is 7.08. The molecule has 4 aromatic rings. The van der Waals surface area contributed by atoms with Crippen LogP contribution in [-0.4, -0.2) is 21.9 Å². The third-order valence-corrected chi connectivity index (χ3v) is 8.78. The van der Waals surface area contributed by atoms with Crippen molar-refractivity contribution in [3.63, 3.8) is 0 Å². The standard InChI is InChI=1S/C34H34N2/c1-5-15-29-25(11-1)21-35(22-26-12-2-6-16-30(26)29)33-19-9-10-20-34(33)36-23-27-13-3-7-17-31(27)32-18-8-4-14-28(32)24-36/h1-8,11-18,33-34H,9-10,19-24H2/t33-,34+. The van der Waals surface area contributed by atoms with Crippen LogP contribution in [-0.2, 0) is 26.2 Å². The molecule has 0 amide bonds. The molecule has 2 heterocycles. The number of fused-ring (bicyclic) bond motifs is 6. The van der Waals surface area contributed by atoms with Gasteiger partial charge in [0.25, 0.3) is 0 Å². The minimum absolute atomic E-state index is 0.565. The lowest BCUT2D eigenvalue weighted by molar-refractivity contribution is 0.0309. The molecule has 0 radical (unpaired) electrons. The second-order valence-electron chi connectivity index (χ2n) is 10.9. The minimum Gasteiger partial charge on any atom is -0.290 e. The highest BCUT2D eigenvalue weighted by Gasteiger charge is 2.36. The summed E-state index contributed by atoms with van der Waals surface area (Å²) in [6, 6.07) is 37.4. The van der Waals surface area contributed by atoms with Gasteiger partial charge >= 0.3 is 0 Å². The summed E-state index contributed by atoms with van der Waals surface area (Å²) >= 11 is 0. The molecule has 4 aromatic carbocycles. The van der Waals surface area contributed by atoms with E-state index in [1.54, 1.807) is 0 Å². The van der Waals surface area contributed by atoms with E-state index in [4.69, 9.17) is 0 Å². The summed E-state index contributed by atoms with van der Waals surface area (Å²) < 4.78 is 0. The van der Waals surface area contributed by atoms with E-state index in [2.05, 4.69) is 107 Å². The molecule has 0 saturated heterocycles. The summed E-state index contributed by atoms with van der Waals surface area (Å²) in [5, 5.41) is 0. The average Bonchev–Trinajstić information content (AvgIpc) is 3.21. The molecule has 1 fully saturated rings. The number of nitrogens with zero attached hydrogens (tertiary/aromatic N) is 2. The molecule has 7 rings (SSSR count). The number of hydrogen-bond acceptors (Lipinski definition) is 2. The Labute approximate surface area is 215 Å². The molecule has 0 unspecified atom stereocenters. The Morgan fingerprint density at radius 2 is 0.667 bits per heavy atom. The van der Waals surface area contributed by atoms with Gasteiger partial charge in [0.05, 0.1) is 0 Å². The van der Waals surface area contributed by atoms with Crippen LogP contribution in [0.5, 0.6) is 0 Å². The molecule has 2 heteroatoms. The maximum Gasteiger partial charge on any atom is 0.0258 e. The minimum atomic E-state index is 0.565. The van der Waals surface area contributed by atoms with Gasteiger partial charge in [-0.2, -0.15) is 0 Å². The van der Waals surface area contributed by atoms with Gasteiger partial charge in [0, 0.05) is 38.3 Å². The Bertz CT molecular complexity index is 1190. The maximum absolute atomic E-state index is 2.82. The predicted molar refractivity (Wildman–Crippen MR) is 148 cm³/mol. The molecule has 0 N–H and O–H groups in total. The van der Waals surface area contributed by atoms with Gasteiger partial charge in [-0.05, 0) is 57.3 Å². The molecule has 0 bridgehead atoms. The quantitative estimate of drug-likeness (QED) is 0.297. The van der Waals surface area contributed by atoms with Gasteiger partial charge < -0.3 is 0 Å². The van der Waals surface area contributed by atoms with E-state index in [-0.39, 0.29) is 0 Å². The molecule has 180 valence electrons. The highest BCUT2D eigenvalue weighted by molar-refractivity contribution is 5.72.